The lowest BCUT2D eigenvalue weighted by Gasteiger charge is -2.02. The second-order valence-electron chi connectivity index (χ2n) is 3.66. The predicted octanol–water partition coefficient (Wildman–Crippen LogP) is 0.690. The lowest BCUT2D eigenvalue weighted by atomic mass is 10.3. The lowest BCUT2D eigenvalue weighted by Crippen LogP contribution is -2.03. The van der Waals surface area contributed by atoms with Crippen LogP contribution in [0.15, 0.2) is 6.33 Å². The zero-order valence-electron chi connectivity index (χ0n) is 10.1. The van der Waals surface area contributed by atoms with Crippen LogP contribution in [0.4, 0.5) is 5.82 Å². The van der Waals surface area contributed by atoms with Gasteiger partial charge in [-0.05, 0) is 12.8 Å². The summed E-state index contributed by atoms with van der Waals surface area (Å²) in [5, 5.41) is 11.1. The summed E-state index contributed by atoms with van der Waals surface area (Å²) in [5.41, 5.74) is 1.48. The Kier molecular flexibility index (Phi) is 3.81. The van der Waals surface area contributed by atoms with Crippen LogP contribution in [0, 0.1) is 0 Å². The zero-order chi connectivity index (χ0) is 12.1. The molecule has 1 N–H and O–H groups in total. The number of ether oxygens (including phenoxy) is 1. The van der Waals surface area contributed by atoms with Crippen molar-refractivity contribution < 1.29 is 4.74 Å². The summed E-state index contributed by atoms with van der Waals surface area (Å²) in [5.74, 6) is 0.707. The first kappa shape index (κ1) is 11.7. The van der Waals surface area contributed by atoms with Gasteiger partial charge in [-0.3, -0.25) is 0 Å². The first-order valence-electron chi connectivity index (χ1n) is 5.57. The van der Waals surface area contributed by atoms with E-state index in [1.54, 1.807) is 18.8 Å². The molecule has 0 spiro atoms. The van der Waals surface area contributed by atoms with Gasteiger partial charge in [0.05, 0.1) is 0 Å². The minimum absolute atomic E-state index is 0.707. The van der Waals surface area contributed by atoms with Crippen LogP contribution in [0.5, 0.6) is 0 Å². The molecule has 0 aromatic carbocycles. The van der Waals surface area contributed by atoms with Crippen LogP contribution in [0.1, 0.15) is 12.8 Å². The van der Waals surface area contributed by atoms with E-state index in [9.17, 15) is 0 Å². The monoisotopic (exact) mass is 236 g/mol. The molecular weight excluding hydrogens is 220 g/mol. The highest BCUT2D eigenvalue weighted by Gasteiger charge is 2.09. The number of nitrogens with one attached hydrogen (secondary N) is 1. The molecule has 0 atom stereocenters. The second kappa shape index (κ2) is 5.53. The fourth-order valence-corrected chi connectivity index (χ4v) is 1.63. The van der Waals surface area contributed by atoms with Gasteiger partial charge in [-0.2, -0.15) is 0 Å². The highest BCUT2D eigenvalue weighted by Crippen LogP contribution is 2.15. The van der Waals surface area contributed by atoms with Crippen molar-refractivity contribution in [2.75, 3.05) is 26.1 Å². The molecule has 0 amide bonds. The van der Waals surface area contributed by atoms with Crippen LogP contribution >= 0.6 is 0 Å². The number of methoxy groups -OCH3 is 1. The Morgan fingerprint density at radius 3 is 3.00 bits per heavy atom. The summed E-state index contributed by atoms with van der Waals surface area (Å²) < 4.78 is 6.80. The van der Waals surface area contributed by atoms with E-state index in [2.05, 4.69) is 25.6 Å². The van der Waals surface area contributed by atoms with Gasteiger partial charge < -0.3 is 10.1 Å². The van der Waals surface area contributed by atoms with Crippen LogP contribution in [0.2, 0.25) is 0 Å². The Hall–Kier alpha value is -1.76. The molecule has 0 aliphatic heterocycles. The Morgan fingerprint density at radius 1 is 1.35 bits per heavy atom. The number of hydrogen-bond acceptors (Lipinski definition) is 6. The first-order chi connectivity index (χ1) is 8.36. The van der Waals surface area contributed by atoms with E-state index in [0.29, 0.717) is 11.3 Å². The number of fused-ring (bicyclic) bond motifs is 1. The van der Waals surface area contributed by atoms with Crippen molar-refractivity contribution in [2.45, 2.75) is 19.4 Å². The summed E-state index contributed by atoms with van der Waals surface area (Å²) in [6, 6.07) is 0. The van der Waals surface area contributed by atoms with E-state index in [1.807, 2.05) is 0 Å². The largest absolute Gasteiger partial charge is 0.385 e. The van der Waals surface area contributed by atoms with Gasteiger partial charge in [0.2, 0.25) is 0 Å². The molecule has 7 nitrogen and oxygen atoms in total. The number of hydrogen-bond donors (Lipinski definition) is 1. The molecule has 0 bridgehead atoms. The summed E-state index contributed by atoms with van der Waals surface area (Å²) in [6.07, 6.45) is 3.51. The zero-order valence-corrected chi connectivity index (χ0v) is 10.1. The molecule has 0 saturated carbocycles. The van der Waals surface area contributed by atoms with Crippen molar-refractivity contribution in [2.24, 2.45) is 0 Å². The number of aromatic nitrogens is 5. The van der Waals surface area contributed by atoms with E-state index in [4.69, 9.17) is 4.74 Å². The Morgan fingerprint density at radius 2 is 2.24 bits per heavy atom. The highest BCUT2D eigenvalue weighted by molar-refractivity contribution is 5.81. The van der Waals surface area contributed by atoms with Crippen molar-refractivity contribution in [3.63, 3.8) is 0 Å². The summed E-state index contributed by atoms with van der Waals surface area (Å²) in [6.45, 7) is 1.56. The SMILES string of the molecule is CNc1ncnc2c1nnn2CCCCOC. The summed E-state index contributed by atoms with van der Waals surface area (Å²) in [4.78, 5) is 8.29. The minimum Gasteiger partial charge on any atom is -0.385 e. The molecule has 2 aromatic rings. The highest BCUT2D eigenvalue weighted by atomic mass is 16.5. The fraction of sp³-hybridized carbons (Fsp3) is 0.600. The Bertz CT molecular complexity index is 483. The smallest absolute Gasteiger partial charge is 0.183 e. The maximum atomic E-state index is 5.00. The normalized spacial score (nSPS) is 10.9. The van der Waals surface area contributed by atoms with Crippen LogP contribution < -0.4 is 5.32 Å². The average molecular weight is 236 g/mol. The topological polar surface area (TPSA) is 77.8 Å². The van der Waals surface area contributed by atoms with E-state index >= 15 is 0 Å². The maximum Gasteiger partial charge on any atom is 0.183 e. The van der Waals surface area contributed by atoms with Crippen molar-refractivity contribution in [1.82, 2.24) is 25.0 Å². The van der Waals surface area contributed by atoms with E-state index in [1.165, 1.54) is 6.33 Å². The van der Waals surface area contributed by atoms with Crippen LogP contribution in [0.25, 0.3) is 11.2 Å². The van der Waals surface area contributed by atoms with Crippen LogP contribution in [-0.2, 0) is 11.3 Å². The van der Waals surface area contributed by atoms with E-state index < -0.39 is 0 Å². The number of nitrogens with zero attached hydrogens (tertiary/aromatic N) is 5. The van der Waals surface area contributed by atoms with E-state index in [-0.39, 0.29) is 0 Å². The molecular formula is C10H16N6O. The Labute approximate surface area is 99.2 Å². The predicted molar refractivity (Wildman–Crippen MR) is 63.8 cm³/mol. The summed E-state index contributed by atoms with van der Waals surface area (Å²) in [7, 11) is 3.51. The first-order valence-corrected chi connectivity index (χ1v) is 5.57. The van der Waals surface area contributed by atoms with Crippen LogP contribution in [0.3, 0.4) is 0 Å². The van der Waals surface area contributed by atoms with Crippen molar-refractivity contribution in [3.8, 4) is 0 Å². The standard InChI is InChI=1S/C10H16N6O/c1-11-9-8-10(13-7-12-9)16(15-14-8)5-3-4-6-17-2/h7H,3-6H2,1-2H3,(H,11,12,13). The molecule has 0 fully saturated rings. The molecule has 0 aliphatic rings. The summed E-state index contributed by atoms with van der Waals surface area (Å²) >= 11 is 0. The molecule has 2 aromatic heterocycles. The van der Waals surface area contributed by atoms with Gasteiger partial charge in [-0.25, -0.2) is 14.6 Å². The number of aryl methyl sites for hydroxylation is 1. The second-order valence-corrected chi connectivity index (χ2v) is 3.66. The molecule has 0 aliphatic carbocycles. The molecule has 0 unspecified atom stereocenters. The molecule has 7 heteroatoms. The molecule has 2 heterocycles. The molecule has 0 saturated heterocycles. The van der Waals surface area contributed by atoms with Crippen LogP contribution in [-0.4, -0.2) is 45.7 Å². The quantitative estimate of drug-likeness (QED) is 0.743. The van der Waals surface area contributed by atoms with Crippen molar-refractivity contribution in [3.05, 3.63) is 6.33 Å². The van der Waals surface area contributed by atoms with Gasteiger partial charge in [0.25, 0.3) is 0 Å². The van der Waals surface area contributed by atoms with Gasteiger partial charge in [-0.15, -0.1) is 5.10 Å². The number of anilines is 1. The fourth-order valence-electron chi connectivity index (χ4n) is 1.63. The third kappa shape index (κ3) is 2.50. The van der Waals surface area contributed by atoms with Gasteiger partial charge in [0, 0.05) is 27.3 Å². The maximum absolute atomic E-state index is 5.00. The average Bonchev–Trinajstić information content (AvgIpc) is 2.78. The van der Waals surface area contributed by atoms with Gasteiger partial charge >= 0.3 is 0 Å². The van der Waals surface area contributed by atoms with Gasteiger partial charge in [0.15, 0.2) is 17.0 Å². The van der Waals surface area contributed by atoms with Gasteiger partial charge in [-0.1, -0.05) is 5.21 Å². The molecule has 17 heavy (non-hydrogen) atoms. The molecule has 92 valence electrons. The van der Waals surface area contributed by atoms with Crippen molar-refractivity contribution in [1.29, 1.82) is 0 Å². The number of unbranched alkanes of at least 4 members (excludes halogenated alkanes) is 1. The molecule has 2 rings (SSSR count). The number of rotatable bonds is 6. The third-order valence-corrected chi connectivity index (χ3v) is 2.51. The third-order valence-electron chi connectivity index (χ3n) is 2.51. The van der Waals surface area contributed by atoms with Crippen molar-refractivity contribution >= 4 is 17.0 Å². The van der Waals surface area contributed by atoms with E-state index in [0.717, 1.165) is 31.6 Å². The lowest BCUT2D eigenvalue weighted by molar-refractivity contribution is 0.191. The minimum atomic E-state index is 0.707. The molecule has 0 radical (unpaired) electrons. The Balaban J connectivity index is 2.13. The van der Waals surface area contributed by atoms with Gasteiger partial charge in [0.1, 0.15) is 6.33 Å².